The Morgan fingerprint density at radius 3 is 2.31 bits per heavy atom. The lowest BCUT2D eigenvalue weighted by atomic mass is 9.89. The zero-order chi connectivity index (χ0) is 9.68. The van der Waals surface area contributed by atoms with E-state index in [4.69, 9.17) is 0 Å². The number of unbranched alkanes of at least 4 members (excludes halogenated alkanes) is 2. The predicted molar refractivity (Wildman–Crippen MR) is 59.8 cm³/mol. The average molecular weight is 182 g/mol. The largest absolute Gasteiger partial charge is 0.0654 e. The Balaban J connectivity index is 2.23. The maximum absolute atomic E-state index is 2.43. The number of hydrogen-bond acceptors (Lipinski definition) is 0. The van der Waals surface area contributed by atoms with Crippen molar-refractivity contribution in [2.24, 2.45) is 17.8 Å². The summed E-state index contributed by atoms with van der Waals surface area (Å²) in [6.07, 6.45) is 10.2. The topological polar surface area (TPSA) is 0 Å². The van der Waals surface area contributed by atoms with E-state index in [-0.39, 0.29) is 0 Å². The third kappa shape index (κ3) is 3.32. The molecule has 0 aromatic heterocycles. The smallest absolute Gasteiger partial charge is 0.0383 e. The predicted octanol–water partition coefficient (Wildman–Crippen LogP) is 4.64. The quantitative estimate of drug-likeness (QED) is 0.543. The summed E-state index contributed by atoms with van der Waals surface area (Å²) in [6.45, 7) is 7.10. The molecular weight excluding hydrogens is 156 g/mol. The zero-order valence-corrected chi connectivity index (χ0v) is 9.68. The molecule has 1 aliphatic rings. The SMILES string of the molecule is CCCCCC1CC(C)CC1CC. The van der Waals surface area contributed by atoms with E-state index < -0.39 is 0 Å². The normalized spacial score (nSPS) is 33.9. The second-order valence-corrected chi connectivity index (χ2v) is 5.00. The molecule has 0 nitrogen and oxygen atoms in total. The Morgan fingerprint density at radius 2 is 1.69 bits per heavy atom. The Kier molecular flexibility index (Phi) is 4.83. The van der Waals surface area contributed by atoms with Crippen LogP contribution in [0, 0.1) is 17.8 Å². The summed E-state index contributed by atoms with van der Waals surface area (Å²) in [5.41, 5.74) is 0. The molecule has 0 amide bonds. The third-order valence-electron chi connectivity index (χ3n) is 3.78. The molecule has 0 spiro atoms. The van der Waals surface area contributed by atoms with Crippen LogP contribution in [-0.2, 0) is 0 Å². The monoisotopic (exact) mass is 182 g/mol. The molecule has 13 heavy (non-hydrogen) atoms. The lowest BCUT2D eigenvalue weighted by Gasteiger charge is -2.17. The van der Waals surface area contributed by atoms with Crippen molar-refractivity contribution in [1.82, 2.24) is 0 Å². The van der Waals surface area contributed by atoms with Crippen molar-refractivity contribution in [1.29, 1.82) is 0 Å². The average Bonchev–Trinajstić information content (AvgIpc) is 2.47. The van der Waals surface area contributed by atoms with Crippen molar-refractivity contribution >= 4 is 0 Å². The van der Waals surface area contributed by atoms with Crippen molar-refractivity contribution in [2.45, 2.75) is 65.7 Å². The van der Waals surface area contributed by atoms with Gasteiger partial charge in [0.15, 0.2) is 0 Å². The molecular formula is C13H26. The summed E-state index contributed by atoms with van der Waals surface area (Å²) in [6, 6.07) is 0. The van der Waals surface area contributed by atoms with E-state index in [2.05, 4.69) is 20.8 Å². The van der Waals surface area contributed by atoms with Gasteiger partial charge >= 0.3 is 0 Å². The van der Waals surface area contributed by atoms with E-state index in [1.165, 1.54) is 44.9 Å². The molecule has 1 aliphatic carbocycles. The molecule has 0 aromatic rings. The van der Waals surface area contributed by atoms with Crippen LogP contribution in [0.3, 0.4) is 0 Å². The highest BCUT2D eigenvalue weighted by Crippen LogP contribution is 2.40. The van der Waals surface area contributed by atoms with E-state index in [9.17, 15) is 0 Å². The second-order valence-electron chi connectivity index (χ2n) is 5.00. The Labute approximate surface area is 84.1 Å². The first-order valence-corrected chi connectivity index (χ1v) is 6.27. The van der Waals surface area contributed by atoms with Gasteiger partial charge in [-0.25, -0.2) is 0 Å². The lowest BCUT2D eigenvalue weighted by Crippen LogP contribution is -2.06. The molecule has 0 bridgehead atoms. The van der Waals surface area contributed by atoms with Gasteiger partial charge in [-0.05, 0) is 30.6 Å². The molecule has 0 N–H and O–H groups in total. The highest BCUT2D eigenvalue weighted by atomic mass is 14.3. The summed E-state index contributed by atoms with van der Waals surface area (Å²) < 4.78 is 0. The summed E-state index contributed by atoms with van der Waals surface area (Å²) >= 11 is 0. The van der Waals surface area contributed by atoms with E-state index in [0.29, 0.717) is 0 Å². The Hall–Kier alpha value is 0. The van der Waals surface area contributed by atoms with Crippen LogP contribution in [0.2, 0.25) is 0 Å². The molecule has 1 saturated carbocycles. The highest BCUT2D eigenvalue weighted by molar-refractivity contribution is 4.80. The minimum Gasteiger partial charge on any atom is -0.0654 e. The van der Waals surface area contributed by atoms with Crippen molar-refractivity contribution in [3.05, 3.63) is 0 Å². The fraction of sp³-hybridized carbons (Fsp3) is 1.00. The molecule has 0 heterocycles. The summed E-state index contributed by atoms with van der Waals surface area (Å²) in [7, 11) is 0. The van der Waals surface area contributed by atoms with Gasteiger partial charge in [-0.1, -0.05) is 52.9 Å². The summed E-state index contributed by atoms with van der Waals surface area (Å²) in [5.74, 6) is 3.15. The fourth-order valence-electron chi connectivity index (χ4n) is 3.02. The Morgan fingerprint density at radius 1 is 1.00 bits per heavy atom. The fourth-order valence-corrected chi connectivity index (χ4v) is 3.02. The molecule has 78 valence electrons. The minimum absolute atomic E-state index is 1.01. The first-order chi connectivity index (χ1) is 6.27. The van der Waals surface area contributed by atoms with Crippen LogP contribution >= 0.6 is 0 Å². The van der Waals surface area contributed by atoms with Gasteiger partial charge in [0, 0.05) is 0 Å². The number of rotatable bonds is 5. The van der Waals surface area contributed by atoms with Gasteiger partial charge in [0.05, 0.1) is 0 Å². The zero-order valence-electron chi connectivity index (χ0n) is 9.68. The van der Waals surface area contributed by atoms with Gasteiger partial charge in [0.1, 0.15) is 0 Å². The van der Waals surface area contributed by atoms with Crippen molar-refractivity contribution in [3.63, 3.8) is 0 Å². The van der Waals surface area contributed by atoms with Crippen LogP contribution in [0.4, 0.5) is 0 Å². The maximum atomic E-state index is 2.43. The van der Waals surface area contributed by atoms with Gasteiger partial charge in [-0.2, -0.15) is 0 Å². The first kappa shape index (κ1) is 11.1. The van der Waals surface area contributed by atoms with E-state index in [0.717, 1.165) is 17.8 Å². The lowest BCUT2D eigenvalue weighted by molar-refractivity contribution is 0.343. The standard InChI is InChI=1S/C13H26/c1-4-6-7-8-13-10-11(3)9-12(13)5-2/h11-13H,4-10H2,1-3H3. The molecule has 1 rings (SSSR count). The van der Waals surface area contributed by atoms with Gasteiger partial charge in [0.2, 0.25) is 0 Å². The van der Waals surface area contributed by atoms with Crippen LogP contribution in [-0.4, -0.2) is 0 Å². The summed E-state index contributed by atoms with van der Waals surface area (Å²) in [5, 5.41) is 0. The molecule has 0 radical (unpaired) electrons. The van der Waals surface area contributed by atoms with E-state index in [1.807, 2.05) is 0 Å². The molecule has 0 aliphatic heterocycles. The maximum Gasteiger partial charge on any atom is -0.0383 e. The second kappa shape index (κ2) is 5.67. The van der Waals surface area contributed by atoms with Gasteiger partial charge in [-0.3, -0.25) is 0 Å². The molecule has 0 heteroatoms. The minimum atomic E-state index is 1.01. The van der Waals surface area contributed by atoms with Crippen LogP contribution in [0.25, 0.3) is 0 Å². The molecule has 0 aromatic carbocycles. The molecule has 3 unspecified atom stereocenters. The highest BCUT2D eigenvalue weighted by Gasteiger charge is 2.29. The first-order valence-electron chi connectivity index (χ1n) is 6.27. The van der Waals surface area contributed by atoms with Crippen LogP contribution in [0.1, 0.15) is 65.7 Å². The van der Waals surface area contributed by atoms with E-state index in [1.54, 1.807) is 0 Å². The van der Waals surface area contributed by atoms with Crippen molar-refractivity contribution < 1.29 is 0 Å². The van der Waals surface area contributed by atoms with Gasteiger partial charge in [-0.15, -0.1) is 0 Å². The van der Waals surface area contributed by atoms with E-state index >= 15 is 0 Å². The van der Waals surface area contributed by atoms with Gasteiger partial charge in [0.25, 0.3) is 0 Å². The van der Waals surface area contributed by atoms with Crippen LogP contribution in [0.15, 0.2) is 0 Å². The third-order valence-corrected chi connectivity index (χ3v) is 3.78. The molecule has 1 fully saturated rings. The van der Waals surface area contributed by atoms with Crippen LogP contribution < -0.4 is 0 Å². The van der Waals surface area contributed by atoms with Crippen molar-refractivity contribution in [2.75, 3.05) is 0 Å². The number of hydrogen-bond donors (Lipinski definition) is 0. The Bertz CT molecular complexity index is 128. The van der Waals surface area contributed by atoms with Crippen LogP contribution in [0.5, 0.6) is 0 Å². The van der Waals surface area contributed by atoms with Gasteiger partial charge < -0.3 is 0 Å². The van der Waals surface area contributed by atoms with Crippen molar-refractivity contribution in [3.8, 4) is 0 Å². The molecule has 3 atom stereocenters. The molecule has 0 saturated heterocycles. The summed E-state index contributed by atoms with van der Waals surface area (Å²) in [4.78, 5) is 0.